The van der Waals surface area contributed by atoms with Crippen LogP contribution in [0.25, 0.3) is 10.2 Å². The van der Waals surface area contributed by atoms with Crippen molar-refractivity contribution in [3.63, 3.8) is 0 Å². The summed E-state index contributed by atoms with van der Waals surface area (Å²) in [6, 6.07) is 9.19. The van der Waals surface area contributed by atoms with Crippen LogP contribution in [0.3, 0.4) is 0 Å². The Morgan fingerprint density at radius 3 is 2.71 bits per heavy atom. The van der Waals surface area contributed by atoms with Gasteiger partial charge in [0.15, 0.2) is 5.13 Å². The first kappa shape index (κ1) is 22.5. The van der Waals surface area contributed by atoms with Gasteiger partial charge in [0.25, 0.3) is 5.91 Å². The number of carbonyl (C=O) groups is 1. The van der Waals surface area contributed by atoms with E-state index in [2.05, 4.69) is 30.9 Å². The van der Waals surface area contributed by atoms with Crippen molar-refractivity contribution in [2.45, 2.75) is 20.3 Å². The van der Waals surface area contributed by atoms with Gasteiger partial charge in [-0.2, -0.15) is 0 Å². The SMILES string of the molecule is Cc1cc(C)c2sc(N(CCCN3CCOCC3)C(=O)c3ccc(Cl)cc3Cl)nc2c1. The molecule has 1 saturated heterocycles. The molecule has 8 heteroatoms. The number of benzene rings is 2. The highest BCUT2D eigenvalue weighted by atomic mass is 35.5. The van der Waals surface area contributed by atoms with Gasteiger partial charge in [0.05, 0.1) is 34.0 Å². The molecule has 0 spiro atoms. The number of hydrogen-bond acceptors (Lipinski definition) is 5. The summed E-state index contributed by atoms with van der Waals surface area (Å²) in [5.41, 5.74) is 3.69. The fourth-order valence-corrected chi connectivity index (χ4v) is 5.38. The van der Waals surface area contributed by atoms with Gasteiger partial charge in [0, 0.05) is 31.2 Å². The van der Waals surface area contributed by atoms with E-state index >= 15 is 0 Å². The molecule has 31 heavy (non-hydrogen) atoms. The Balaban J connectivity index is 1.63. The molecule has 0 atom stereocenters. The highest BCUT2D eigenvalue weighted by Gasteiger charge is 2.24. The van der Waals surface area contributed by atoms with Gasteiger partial charge in [0.1, 0.15) is 0 Å². The fraction of sp³-hybridized carbons (Fsp3) is 0.391. The van der Waals surface area contributed by atoms with Crippen molar-refractivity contribution in [3.8, 4) is 0 Å². The summed E-state index contributed by atoms with van der Waals surface area (Å²) in [6.45, 7) is 8.99. The number of hydrogen-bond donors (Lipinski definition) is 0. The second-order valence-electron chi connectivity index (χ2n) is 7.82. The number of amides is 1. The molecule has 0 bridgehead atoms. The van der Waals surface area contributed by atoms with Gasteiger partial charge in [-0.05, 0) is 55.7 Å². The summed E-state index contributed by atoms with van der Waals surface area (Å²) in [5, 5.41) is 1.55. The number of aryl methyl sites for hydroxylation is 2. The van der Waals surface area contributed by atoms with E-state index in [1.165, 1.54) is 5.56 Å². The van der Waals surface area contributed by atoms with E-state index in [-0.39, 0.29) is 5.91 Å². The van der Waals surface area contributed by atoms with E-state index in [0.717, 1.165) is 55.0 Å². The molecule has 164 valence electrons. The molecule has 0 unspecified atom stereocenters. The summed E-state index contributed by atoms with van der Waals surface area (Å²) in [5.74, 6) is -0.155. The Morgan fingerprint density at radius 2 is 1.97 bits per heavy atom. The molecule has 1 amide bonds. The Kier molecular flexibility index (Phi) is 7.14. The van der Waals surface area contributed by atoms with Crippen molar-refractivity contribution in [2.24, 2.45) is 0 Å². The van der Waals surface area contributed by atoms with Gasteiger partial charge >= 0.3 is 0 Å². The molecule has 1 aliphatic heterocycles. The number of morpholine rings is 1. The van der Waals surface area contributed by atoms with Crippen LogP contribution in [-0.4, -0.2) is 55.2 Å². The first-order valence-electron chi connectivity index (χ1n) is 10.4. The molecule has 1 aromatic heterocycles. The van der Waals surface area contributed by atoms with Gasteiger partial charge in [-0.3, -0.25) is 14.6 Å². The summed E-state index contributed by atoms with van der Waals surface area (Å²) in [6.07, 6.45) is 0.838. The number of aromatic nitrogens is 1. The molecular weight excluding hydrogens is 453 g/mol. The molecule has 1 fully saturated rings. The van der Waals surface area contributed by atoms with E-state index in [1.54, 1.807) is 34.4 Å². The number of rotatable bonds is 6. The van der Waals surface area contributed by atoms with E-state index in [0.29, 0.717) is 27.3 Å². The third kappa shape index (κ3) is 5.21. The molecule has 3 aromatic rings. The zero-order valence-corrected chi connectivity index (χ0v) is 20.0. The highest BCUT2D eigenvalue weighted by Crippen LogP contribution is 2.34. The van der Waals surface area contributed by atoms with Crippen LogP contribution in [-0.2, 0) is 4.74 Å². The lowest BCUT2D eigenvalue weighted by molar-refractivity contribution is 0.0376. The topological polar surface area (TPSA) is 45.7 Å². The van der Waals surface area contributed by atoms with Crippen molar-refractivity contribution in [1.82, 2.24) is 9.88 Å². The van der Waals surface area contributed by atoms with Crippen LogP contribution in [0.1, 0.15) is 27.9 Å². The van der Waals surface area contributed by atoms with Gasteiger partial charge in [-0.1, -0.05) is 40.6 Å². The average molecular weight is 478 g/mol. The van der Waals surface area contributed by atoms with Crippen LogP contribution in [0.5, 0.6) is 0 Å². The zero-order valence-electron chi connectivity index (χ0n) is 17.7. The number of nitrogens with zero attached hydrogens (tertiary/aromatic N) is 3. The third-order valence-corrected chi connectivity index (χ3v) is 7.18. The number of fused-ring (bicyclic) bond motifs is 1. The first-order valence-corrected chi connectivity index (χ1v) is 11.9. The molecule has 2 aromatic carbocycles. The Bertz CT molecular complexity index is 1100. The minimum Gasteiger partial charge on any atom is -0.379 e. The maximum atomic E-state index is 13.5. The highest BCUT2D eigenvalue weighted by molar-refractivity contribution is 7.22. The molecule has 0 saturated carbocycles. The van der Waals surface area contributed by atoms with Crippen molar-refractivity contribution >= 4 is 55.8 Å². The van der Waals surface area contributed by atoms with E-state index in [1.807, 2.05) is 0 Å². The molecule has 0 radical (unpaired) electrons. The van der Waals surface area contributed by atoms with Gasteiger partial charge < -0.3 is 4.74 Å². The molecule has 5 nitrogen and oxygen atoms in total. The lowest BCUT2D eigenvalue weighted by Crippen LogP contribution is -2.39. The second-order valence-corrected chi connectivity index (χ2v) is 9.64. The molecule has 2 heterocycles. The minimum absolute atomic E-state index is 0.155. The Morgan fingerprint density at radius 1 is 1.19 bits per heavy atom. The number of ether oxygens (including phenoxy) is 1. The van der Waals surface area contributed by atoms with Crippen molar-refractivity contribution in [2.75, 3.05) is 44.3 Å². The quantitative estimate of drug-likeness (QED) is 0.464. The van der Waals surface area contributed by atoms with Crippen LogP contribution in [0, 0.1) is 13.8 Å². The summed E-state index contributed by atoms with van der Waals surface area (Å²) in [7, 11) is 0. The van der Waals surface area contributed by atoms with Crippen LogP contribution >= 0.6 is 34.5 Å². The van der Waals surface area contributed by atoms with E-state index in [4.69, 9.17) is 32.9 Å². The van der Waals surface area contributed by atoms with E-state index < -0.39 is 0 Å². The Labute approximate surface area is 196 Å². The lowest BCUT2D eigenvalue weighted by atomic mass is 10.1. The van der Waals surface area contributed by atoms with Crippen LogP contribution < -0.4 is 4.90 Å². The second kappa shape index (κ2) is 9.84. The smallest absolute Gasteiger partial charge is 0.261 e. The van der Waals surface area contributed by atoms with Crippen LogP contribution in [0.2, 0.25) is 10.0 Å². The molecule has 1 aliphatic rings. The zero-order chi connectivity index (χ0) is 22.0. The summed E-state index contributed by atoms with van der Waals surface area (Å²) in [4.78, 5) is 22.5. The monoisotopic (exact) mass is 477 g/mol. The summed E-state index contributed by atoms with van der Waals surface area (Å²) >= 11 is 14.0. The number of carbonyl (C=O) groups excluding carboxylic acids is 1. The maximum Gasteiger partial charge on any atom is 0.261 e. The summed E-state index contributed by atoms with van der Waals surface area (Å²) < 4.78 is 6.54. The van der Waals surface area contributed by atoms with Gasteiger partial charge in [-0.25, -0.2) is 4.98 Å². The molecule has 4 rings (SSSR count). The normalized spacial score (nSPS) is 14.8. The van der Waals surface area contributed by atoms with E-state index in [9.17, 15) is 4.79 Å². The largest absolute Gasteiger partial charge is 0.379 e. The van der Waals surface area contributed by atoms with Crippen LogP contribution in [0.15, 0.2) is 30.3 Å². The molecule has 0 aliphatic carbocycles. The first-order chi connectivity index (χ1) is 14.9. The number of anilines is 1. The predicted molar refractivity (Wildman–Crippen MR) is 129 cm³/mol. The standard InChI is InChI=1S/C23H25Cl2N3O2S/c1-15-12-16(2)21-20(13-15)26-23(31-21)28(7-3-6-27-8-10-30-11-9-27)22(29)18-5-4-17(24)14-19(18)25/h4-5,12-14H,3,6-11H2,1-2H3. The van der Waals surface area contributed by atoms with Crippen molar-refractivity contribution in [3.05, 3.63) is 57.1 Å². The lowest BCUT2D eigenvalue weighted by Gasteiger charge is -2.27. The minimum atomic E-state index is -0.155. The van der Waals surface area contributed by atoms with Gasteiger partial charge in [-0.15, -0.1) is 0 Å². The third-order valence-electron chi connectivity index (χ3n) is 5.41. The predicted octanol–water partition coefficient (Wildman–Crippen LogP) is 5.59. The number of thiazole rings is 1. The molecule has 0 N–H and O–H groups in total. The number of halogens is 2. The Hall–Kier alpha value is -1.70. The fourth-order valence-electron chi connectivity index (χ4n) is 3.85. The van der Waals surface area contributed by atoms with Crippen molar-refractivity contribution < 1.29 is 9.53 Å². The van der Waals surface area contributed by atoms with Gasteiger partial charge in [0.2, 0.25) is 0 Å². The molecular formula is C23H25Cl2N3O2S. The average Bonchev–Trinajstić information content (AvgIpc) is 3.15. The maximum absolute atomic E-state index is 13.5. The van der Waals surface area contributed by atoms with Crippen molar-refractivity contribution in [1.29, 1.82) is 0 Å². The van der Waals surface area contributed by atoms with Crippen LogP contribution in [0.4, 0.5) is 5.13 Å².